The third kappa shape index (κ3) is 3.07. The molecule has 2 aromatic heterocycles. The first kappa shape index (κ1) is 14.1. The lowest BCUT2D eigenvalue weighted by Gasteiger charge is -2.17. The van der Waals surface area contributed by atoms with Crippen molar-refractivity contribution >= 4 is 22.4 Å². The van der Waals surface area contributed by atoms with Crippen LogP contribution in [0.3, 0.4) is 0 Å². The van der Waals surface area contributed by atoms with Crippen molar-refractivity contribution in [2.75, 3.05) is 6.54 Å². The number of H-pyrrole nitrogens is 2. The number of aromatic amines is 2. The first-order valence-electron chi connectivity index (χ1n) is 6.79. The van der Waals surface area contributed by atoms with E-state index in [2.05, 4.69) is 15.3 Å². The number of aliphatic hydroxyl groups is 1. The largest absolute Gasteiger partial charge is 0.387 e. The average molecular weight is 303 g/mol. The number of nitrogens with one attached hydrogen (secondary N) is 3. The molecule has 1 aromatic carbocycles. The molecule has 5 nitrogen and oxygen atoms in total. The van der Waals surface area contributed by atoms with E-state index < -0.39 is 6.10 Å². The summed E-state index contributed by atoms with van der Waals surface area (Å²) in [7, 11) is 0. The Morgan fingerprint density at radius 3 is 2.81 bits per heavy atom. The van der Waals surface area contributed by atoms with E-state index in [-0.39, 0.29) is 11.7 Å². The summed E-state index contributed by atoms with van der Waals surface area (Å²) in [5.41, 5.74) is 3.40. The molecule has 0 amide bonds. The number of imidazole rings is 1. The third-order valence-corrected chi connectivity index (χ3v) is 4.29. The second kappa shape index (κ2) is 5.85. The van der Waals surface area contributed by atoms with Crippen LogP contribution in [0.5, 0.6) is 0 Å². The molecule has 0 radical (unpaired) electrons. The van der Waals surface area contributed by atoms with E-state index >= 15 is 0 Å². The van der Waals surface area contributed by atoms with Crippen LogP contribution in [-0.4, -0.2) is 21.6 Å². The van der Waals surface area contributed by atoms with Crippen molar-refractivity contribution < 1.29 is 5.11 Å². The lowest BCUT2D eigenvalue weighted by molar-refractivity contribution is 0.171. The third-order valence-electron chi connectivity index (χ3n) is 3.59. The van der Waals surface area contributed by atoms with Gasteiger partial charge in [0, 0.05) is 12.6 Å². The van der Waals surface area contributed by atoms with Crippen LogP contribution in [-0.2, 0) is 0 Å². The average Bonchev–Trinajstić information content (AvgIpc) is 3.11. The van der Waals surface area contributed by atoms with Crippen molar-refractivity contribution in [1.82, 2.24) is 15.3 Å². The maximum atomic E-state index is 11.3. The molecule has 2 atom stereocenters. The van der Waals surface area contributed by atoms with Gasteiger partial charge >= 0.3 is 5.69 Å². The minimum atomic E-state index is -0.505. The van der Waals surface area contributed by atoms with E-state index in [4.69, 9.17) is 0 Å². The predicted octanol–water partition coefficient (Wildman–Crippen LogP) is 2.30. The van der Waals surface area contributed by atoms with E-state index in [1.807, 2.05) is 41.9 Å². The number of hydrogen-bond acceptors (Lipinski definition) is 4. The van der Waals surface area contributed by atoms with Crippen LogP contribution >= 0.6 is 11.3 Å². The van der Waals surface area contributed by atoms with Gasteiger partial charge in [-0.3, -0.25) is 0 Å². The van der Waals surface area contributed by atoms with Crippen LogP contribution < -0.4 is 11.0 Å². The highest BCUT2D eigenvalue weighted by atomic mass is 32.1. The normalized spacial score (nSPS) is 14.4. The molecule has 4 N–H and O–H groups in total. The fraction of sp³-hybridized carbons (Fsp3) is 0.267. The van der Waals surface area contributed by atoms with Gasteiger partial charge in [-0.15, -0.1) is 0 Å². The summed E-state index contributed by atoms with van der Waals surface area (Å²) in [4.78, 5) is 16.7. The van der Waals surface area contributed by atoms with Gasteiger partial charge in [-0.1, -0.05) is 6.07 Å². The molecular weight excluding hydrogens is 286 g/mol. The Hall–Kier alpha value is -1.89. The van der Waals surface area contributed by atoms with Crippen LogP contribution in [0.1, 0.15) is 30.2 Å². The highest BCUT2D eigenvalue weighted by Crippen LogP contribution is 2.19. The van der Waals surface area contributed by atoms with Gasteiger partial charge < -0.3 is 20.4 Å². The van der Waals surface area contributed by atoms with E-state index in [1.54, 1.807) is 11.3 Å². The van der Waals surface area contributed by atoms with Crippen molar-refractivity contribution in [3.05, 3.63) is 56.6 Å². The summed E-state index contributed by atoms with van der Waals surface area (Å²) in [6.07, 6.45) is -0.505. The molecule has 6 heteroatoms. The molecule has 0 aliphatic carbocycles. The summed E-state index contributed by atoms with van der Waals surface area (Å²) in [5, 5.41) is 17.3. The van der Waals surface area contributed by atoms with Gasteiger partial charge in [-0.25, -0.2) is 4.79 Å². The second-order valence-electron chi connectivity index (χ2n) is 5.09. The number of aromatic nitrogens is 2. The zero-order valence-electron chi connectivity index (χ0n) is 11.6. The second-order valence-corrected chi connectivity index (χ2v) is 5.87. The maximum absolute atomic E-state index is 11.3. The van der Waals surface area contributed by atoms with E-state index in [9.17, 15) is 9.90 Å². The number of rotatable bonds is 5. The Labute approximate surface area is 125 Å². The van der Waals surface area contributed by atoms with Crippen molar-refractivity contribution in [3.63, 3.8) is 0 Å². The summed E-state index contributed by atoms with van der Waals surface area (Å²) >= 11 is 1.58. The number of benzene rings is 1. The summed E-state index contributed by atoms with van der Waals surface area (Å²) in [5.74, 6) is 0. The van der Waals surface area contributed by atoms with Crippen molar-refractivity contribution in [3.8, 4) is 0 Å². The Morgan fingerprint density at radius 1 is 1.24 bits per heavy atom. The predicted molar refractivity (Wildman–Crippen MR) is 84.6 cm³/mol. The quantitative estimate of drug-likeness (QED) is 0.584. The monoisotopic (exact) mass is 303 g/mol. The molecule has 3 aromatic rings. The van der Waals surface area contributed by atoms with Crippen LogP contribution in [0.2, 0.25) is 0 Å². The molecule has 3 rings (SSSR count). The fourth-order valence-electron chi connectivity index (χ4n) is 2.31. The standard InChI is InChI=1S/C15H17N3O2S/c1-9(16-7-14(19)11-4-5-21-8-11)10-2-3-12-13(6-10)18-15(20)17-12/h2-6,8-9,14,16,19H,7H2,1H3,(H2,17,18,20). The lowest BCUT2D eigenvalue weighted by Crippen LogP contribution is -2.24. The molecule has 21 heavy (non-hydrogen) atoms. The Balaban J connectivity index is 1.68. The Kier molecular flexibility index (Phi) is 3.92. The summed E-state index contributed by atoms with van der Waals surface area (Å²) < 4.78 is 0. The highest BCUT2D eigenvalue weighted by molar-refractivity contribution is 7.07. The molecule has 2 unspecified atom stereocenters. The molecular formula is C15H17N3O2S. The van der Waals surface area contributed by atoms with E-state index in [0.717, 1.165) is 22.2 Å². The zero-order chi connectivity index (χ0) is 14.8. The molecule has 0 spiro atoms. The van der Waals surface area contributed by atoms with E-state index in [1.165, 1.54) is 0 Å². The molecule has 0 bridgehead atoms. The van der Waals surface area contributed by atoms with Gasteiger partial charge in [0.25, 0.3) is 0 Å². The minimum absolute atomic E-state index is 0.0843. The van der Waals surface area contributed by atoms with Crippen molar-refractivity contribution in [2.24, 2.45) is 0 Å². The van der Waals surface area contributed by atoms with Crippen molar-refractivity contribution in [1.29, 1.82) is 0 Å². The fourth-order valence-corrected chi connectivity index (χ4v) is 3.02. The molecule has 0 aliphatic heterocycles. The van der Waals surface area contributed by atoms with E-state index in [0.29, 0.717) is 6.54 Å². The van der Waals surface area contributed by atoms with Gasteiger partial charge in [0.2, 0.25) is 0 Å². The minimum Gasteiger partial charge on any atom is -0.387 e. The van der Waals surface area contributed by atoms with Gasteiger partial charge in [-0.2, -0.15) is 11.3 Å². The van der Waals surface area contributed by atoms with Crippen LogP contribution in [0, 0.1) is 0 Å². The molecule has 0 fully saturated rings. The zero-order valence-corrected chi connectivity index (χ0v) is 12.4. The SMILES string of the molecule is CC(NCC(O)c1ccsc1)c1ccc2[nH]c(=O)[nH]c2c1. The summed E-state index contributed by atoms with van der Waals surface area (Å²) in [6, 6.07) is 7.82. The first-order chi connectivity index (χ1) is 10.1. The van der Waals surface area contributed by atoms with Gasteiger partial charge in [-0.05, 0) is 47.0 Å². The van der Waals surface area contributed by atoms with Crippen molar-refractivity contribution in [2.45, 2.75) is 19.1 Å². The van der Waals surface area contributed by atoms with Crippen LogP contribution in [0.15, 0.2) is 39.8 Å². The maximum Gasteiger partial charge on any atom is 0.323 e. The molecule has 0 aliphatic rings. The smallest absolute Gasteiger partial charge is 0.323 e. The number of aliphatic hydroxyl groups excluding tert-OH is 1. The summed E-state index contributed by atoms with van der Waals surface area (Å²) in [6.45, 7) is 2.52. The first-order valence-corrected chi connectivity index (χ1v) is 7.73. The molecule has 2 heterocycles. The highest BCUT2D eigenvalue weighted by Gasteiger charge is 2.11. The topological polar surface area (TPSA) is 80.9 Å². The van der Waals surface area contributed by atoms with Gasteiger partial charge in [0.15, 0.2) is 0 Å². The number of thiophene rings is 1. The van der Waals surface area contributed by atoms with Crippen LogP contribution in [0.4, 0.5) is 0 Å². The van der Waals surface area contributed by atoms with Gasteiger partial charge in [0.05, 0.1) is 17.1 Å². The molecule has 110 valence electrons. The molecule has 0 saturated heterocycles. The molecule has 0 saturated carbocycles. The van der Waals surface area contributed by atoms with Gasteiger partial charge in [0.1, 0.15) is 0 Å². The van der Waals surface area contributed by atoms with Crippen LogP contribution in [0.25, 0.3) is 11.0 Å². The number of fused-ring (bicyclic) bond motifs is 1. The number of hydrogen-bond donors (Lipinski definition) is 4. The Morgan fingerprint density at radius 2 is 2.05 bits per heavy atom. The lowest BCUT2D eigenvalue weighted by atomic mass is 10.1. The Bertz CT molecular complexity index is 776.